The van der Waals surface area contributed by atoms with E-state index >= 15 is 0 Å². The molecule has 1 heterocycles. The van der Waals surface area contributed by atoms with Gasteiger partial charge in [0.25, 0.3) is 0 Å². The Balaban J connectivity index is 1.31. The number of carbonyl (C=O) groups excluding carboxylic acids is 1. The first-order valence-electron chi connectivity index (χ1n) is 9.43. The number of aryl methyl sites for hydroxylation is 2. The molecule has 0 atom stereocenters. The van der Waals surface area contributed by atoms with Crippen LogP contribution >= 0.6 is 23.1 Å². The SMILES string of the molecule is O=C(CCSc1ccc(F)cc1)Nc1nc(-c2ccc3c(c2)CCCC3)cs1. The lowest BCUT2D eigenvalue weighted by atomic mass is 9.90. The third-order valence-corrected chi connectivity index (χ3v) is 6.58. The summed E-state index contributed by atoms with van der Waals surface area (Å²) in [5.74, 6) is 0.335. The fourth-order valence-corrected chi connectivity index (χ4v) is 4.92. The lowest BCUT2D eigenvalue weighted by Crippen LogP contribution is -2.11. The lowest BCUT2D eigenvalue weighted by molar-refractivity contribution is -0.115. The summed E-state index contributed by atoms with van der Waals surface area (Å²) in [5, 5.41) is 5.51. The zero-order chi connectivity index (χ0) is 19.3. The van der Waals surface area contributed by atoms with Gasteiger partial charge >= 0.3 is 0 Å². The van der Waals surface area contributed by atoms with Crippen molar-refractivity contribution in [3.05, 3.63) is 64.8 Å². The number of halogens is 1. The predicted octanol–water partition coefficient (Wildman–Crippen LogP) is 5.95. The van der Waals surface area contributed by atoms with Gasteiger partial charge in [0.2, 0.25) is 5.91 Å². The van der Waals surface area contributed by atoms with E-state index in [9.17, 15) is 9.18 Å². The van der Waals surface area contributed by atoms with Gasteiger partial charge in [-0.15, -0.1) is 23.1 Å². The number of carbonyl (C=O) groups is 1. The molecule has 2 aromatic carbocycles. The van der Waals surface area contributed by atoms with Gasteiger partial charge in [-0.1, -0.05) is 12.1 Å². The number of thiazole rings is 1. The third kappa shape index (κ3) is 4.80. The minimum Gasteiger partial charge on any atom is -0.302 e. The second-order valence-electron chi connectivity index (χ2n) is 6.83. The van der Waals surface area contributed by atoms with Crippen molar-refractivity contribution in [2.24, 2.45) is 0 Å². The first kappa shape index (κ1) is 19.2. The number of anilines is 1. The van der Waals surface area contributed by atoms with Gasteiger partial charge in [0.05, 0.1) is 5.69 Å². The molecule has 0 saturated carbocycles. The van der Waals surface area contributed by atoms with E-state index in [1.165, 1.54) is 65.6 Å². The maximum Gasteiger partial charge on any atom is 0.226 e. The number of nitrogens with zero attached hydrogens (tertiary/aromatic N) is 1. The summed E-state index contributed by atoms with van der Waals surface area (Å²) in [5.41, 5.74) is 4.91. The first-order chi connectivity index (χ1) is 13.7. The Bertz CT molecular complexity index is 969. The molecule has 3 aromatic rings. The average molecular weight is 413 g/mol. The highest BCUT2D eigenvalue weighted by Crippen LogP contribution is 2.29. The number of rotatable bonds is 6. The Morgan fingerprint density at radius 3 is 2.71 bits per heavy atom. The Hall–Kier alpha value is -2.18. The van der Waals surface area contributed by atoms with Crippen LogP contribution in [-0.2, 0) is 17.6 Å². The molecule has 0 aliphatic heterocycles. The predicted molar refractivity (Wildman–Crippen MR) is 115 cm³/mol. The number of hydrogen-bond acceptors (Lipinski definition) is 4. The maximum absolute atomic E-state index is 12.9. The van der Waals surface area contributed by atoms with E-state index in [1.54, 1.807) is 12.1 Å². The topological polar surface area (TPSA) is 42.0 Å². The molecule has 1 aliphatic rings. The molecule has 1 N–H and O–H groups in total. The van der Waals surface area contributed by atoms with Crippen LogP contribution in [0, 0.1) is 5.82 Å². The Morgan fingerprint density at radius 2 is 1.89 bits per heavy atom. The third-order valence-electron chi connectivity index (χ3n) is 4.81. The van der Waals surface area contributed by atoms with Crippen LogP contribution in [-0.4, -0.2) is 16.6 Å². The minimum atomic E-state index is -0.249. The highest BCUT2D eigenvalue weighted by molar-refractivity contribution is 7.99. The van der Waals surface area contributed by atoms with Gasteiger partial charge in [0.1, 0.15) is 5.82 Å². The quantitative estimate of drug-likeness (QED) is 0.509. The van der Waals surface area contributed by atoms with Crippen molar-refractivity contribution >= 4 is 34.1 Å². The van der Waals surface area contributed by atoms with Crippen molar-refractivity contribution in [3.8, 4) is 11.3 Å². The summed E-state index contributed by atoms with van der Waals surface area (Å²) in [6, 6.07) is 12.9. The van der Waals surface area contributed by atoms with Crippen molar-refractivity contribution in [1.29, 1.82) is 0 Å². The van der Waals surface area contributed by atoms with Crippen LogP contribution in [0.5, 0.6) is 0 Å². The average Bonchev–Trinajstić information content (AvgIpc) is 3.17. The summed E-state index contributed by atoms with van der Waals surface area (Å²) in [4.78, 5) is 17.7. The molecule has 0 saturated heterocycles. The van der Waals surface area contributed by atoms with Crippen LogP contribution in [0.15, 0.2) is 52.7 Å². The van der Waals surface area contributed by atoms with Gasteiger partial charge in [-0.2, -0.15) is 0 Å². The molecule has 0 spiro atoms. The number of aromatic nitrogens is 1. The smallest absolute Gasteiger partial charge is 0.226 e. The van der Waals surface area contributed by atoms with Crippen LogP contribution in [0.1, 0.15) is 30.4 Å². The largest absolute Gasteiger partial charge is 0.302 e. The number of amides is 1. The molecule has 3 nitrogen and oxygen atoms in total. The second-order valence-corrected chi connectivity index (χ2v) is 8.86. The van der Waals surface area contributed by atoms with Crippen molar-refractivity contribution in [2.75, 3.05) is 11.1 Å². The van der Waals surface area contributed by atoms with Gasteiger partial charge < -0.3 is 5.32 Å². The van der Waals surface area contributed by atoms with Crippen LogP contribution in [0.2, 0.25) is 0 Å². The standard InChI is InChI=1S/C22H21FN2OS2/c23-18-7-9-19(10-8-18)27-12-11-21(26)25-22-24-20(14-28-22)17-6-5-15-3-1-2-4-16(15)13-17/h5-10,13-14H,1-4,11-12H2,(H,24,25,26). The summed E-state index contributed by atoms with van der Waals surface area (Å²) < 4.78 is 12.9. The molecule has 4 rings (SSSR count). The highest BCUT2D eigenvalue weighted by Gasteiger charge is 2.13. The zero-order valence-corrected chi connectivity index (χ0v) is 17.0. The van der Waals surface area contributed by atoms with Crippen molar-refractivity contribution < 1.29 is 9.18 Å². The second kappa shape index (κ2) is 8.88. The molecule has 144 valence electrons. The van der Waals surface area contributed by atoms with Gasteiger partial charge in [0, 0.05) is 28.0 Å². The summed E-state index contributed by atoms with van der Waals surface area (Å²) in [6.45, 7) is 0. The number of fused-ring (bicyclic) bond motifs is 1. The summed E-state index contributed by atoms with van der Waals surface area (Å²) in [7, 11) is 0. The molecule has 1 aliphatic carbocycles. The van der Waals surface area contributed by atoms with E-state index < -0.39 is 0 Å². The first-order valence-corrected chi connectivity index (χ1v) is 11.3. The molecule has 0 unspecified atom stereocenters. The number of benzene rings is 2. The minimum absolute atomic E-state index is 0.0547. The summed E-state index contributed by atoms with van der Waals surface area (Å²) >= 11 is 2.99. The fourth-order valence-electron chi connectivity index (χ4n) is 3.33. The van der Waals surface area contributed by atoms with Crippen molar-refractivity contribution in [1.82, 2.24) is 4.98 Å². The molecule has 6 heteroatoms. The van der Waals surface area contributed by atoms with Crippen LogP contribution < -0.4 is 5.32 Å². The number of thioether (sulfide) groups is 1. The molecule has 1 aromatic heterocycles. The normalized spacial score (nSPS) is 13.2. The molecule has 0 radical (unpaired) electrons. The van der Waals surface area contributed by atoms with Crippen LogP contribution in [0.3, 0.4) is 0 Å². The van der Waals surface area contributed by atoms with Gasteiger partial charge in [-0.3, -0.25) is 4.79 Å². The molecular formula is C22H21FN2OS2. The number of nitrogens with one attached hydrogen (secondary N) is 1. The molecule has 28 heavy (non-hydrogen) atoms. The van der Waals surface area contributed by atoms with E-state index in [2.05, 4.69) is 28.5 Å². The van der Waals surface area contributed by atoms with E-state index in [0.717, 1.165) is 22.6 Å². The molecular weight excluding hydrogens is 391 g/mol. The zero-order valence-electron chi connectivity index (χ0n) is 15.4. The molecule has 0 fully saturated rings. The van der Waals surface area contributed by atoms with Crippen LogP contribution in [0.25, 0.3) is 11.3 Å². The molecule has 1 amide bonds. The van der Waals surface area contributed by atoms with E-state index in [4.69, 9.17) is 0 Å². The maximum atomic E-state index is 12.9. The Kier molecular flexibility index (Phi) is 6.07. The van der Waals surface area contributed by atoms with E-state index in [-0.39, 0.29) is 11.7 Å². The summed E-state index contributed by atoms with van der Waals surface area (Å²) in [6.07, 6.45) is 5.23. The fraction of sp³-hybridized carbons (Fsp3) is 0.273. The molecule has 0 bridgehead atoms. The van der Waals surface area contributed by atoms with Gasteiger partial charge in [-0.05, 0) is 67.1 Å². The van der Waals surface area contributed by atoms with E-state index in [1.807, 2.05) is 5.38 Å². The monoisotopic (exact) mass is 412 g/mol. The number of hydrogen-bond donors (Lipinski definition) is 1. The van der Waals surface area contributed by atoms with E-state index in [0.29, 0.717) is 17.3 Å². The lowest BCUT2D eigenvalue weighted by Gasteiger charge is -2.16. The van der Waals surface area contributed by atoms with Crippen molar-refractivity contribution in [3.63, 3.8) is 0 Å². The van der Waals surface area contributed by atoms with Crippen LogP contribution in [0.4, 0.5) is 9.52 Å². The van der Waals surface area contributed by atoms with Crippen molar-refractivity contribution in [2.45, 2.75) is 37.0 Å². The van der Waals surface area contributed by atoms with Gasteiger partial charge in [0.15, 0.2) is 5.13 Å². The highest BCUT2D eigenvalue weighted by atomic mass is 32.2. The Morgan fingerprint density at radius 1 is 1.11 bits per heavy atom. The van der Waals surface area contributed by atoms with Gasteiger partial charge in [-0.25, -0.2) is 9.37 Å². The Labute approximate surface area is 172 Å².